The Kier molecular flexibility index (Phi) is 4.69. The van der Waals surface area contributed by atoms with Gasteiger partial charge in [-0.1, -0.05) is 5.21 Å². The Hall–Kier alpha value is -2.95. The van der Waals surface area contributed by atoms with Crippen molar-refractivity contribution in [3.05, 3.63) is 42.0 Å². The van der Waals surface area contributed by atoms with Crippen molar-refractivity contribution in [1.82, 2.24) is 24.8 Å². The van der Waals surface area contributed by atoms with E-state index in [4.69, 9.17) is 4.74 Å². The average molecular weight is 419 g/mol. The molecule has 2 aliphatic heterocycles. The number of pyridine rings is 1. The van der Waals surface area contributed by atoms with Gasteiger partial charge in [0.2, 0.25) is 5.95 Å². The van der Waals surface area contributed by atoms with E-state index in [-0.39, 0.29) is 12.0 Å². The molecule has 2 aliphatic rings. The van der Waals surface area contributed by atoms with Crippen molar-refractivity contribution in [1.29, 1.82) is 0 Å². The van der Waals surface area contributed by atoms with Crippen molar-refractivity contribution in [3.63, 3.8) is 0 Å². The van der Waals surface area contributed by atoms with Crippen LogP contribution >= 0.6 is 0 Å². The molecule has 5 rings (SSSR count). The van der Waals surface area contributed by atoms with Crippen LogP contribution in [0.2, 0.25) is 0 Å². The van der Waals surface area contributed by atoms with Crippen molar-refractivity contribution in [2.45, 2.75) is 25.1 Å². The molecule has 0 N–H and O–H groups in total. The van der Waals surface area contributed by atoms with Gasteiger partial charge in [0.1, 0.15) is 11.4 Å². The lowest BCUT2D eigenvalue weighted by molar-refractivity contribution is -0.141. The van der Waals surface area contributed by atoms with Crippen LogP contribution in [0.5, 0.6) is 0 Å². The largest absolute Gasteiger partial charge is 0.433 e. The second-order valence-corrected chi connectivity index (χ2v) is 7.38. The summed E-state index contributed by atoms with van der Waals surface area (Å²) < 4.78 is 46.4. The summed E-state index contributed by atoms with van der Waals surface area (Å²) in [6.45, 7) is 3.58. The summed E-state index contributed by atoms with van der Waals surface area (Å²) in [7, 11) is 0. The lowest BCUT2D eigenvalue weighted by atomic mass is 10.1. The van der Waals surface area contributed by atoms with Gasteiger partial charge in [-0.25, -0.2) is 14.5 Å². The summed E-state index contributed by atoms with van der Waals surface area (Å²) in [5.74, 6) is 0.0680. The number of hydrogen-bond donors (Lipinski definition) is 0. The second-order valence-electron chi connectivity index (χ2n) is 7.38. The molecule has 0 radical (unpaired) electrons. The van der Waals surface area contributed by atoms with Crippen LogP contribution in [0, 0.1) is 0 Å². The van der Waals surface area contributed by atoms with Gasteiger partial charge in [0.25, 0.3) is 0 Å². The Balaban J connectivity index is 1.46. The molecular weight excluding hydrogens is 399 g/mol. The first-order chi connectivity index (χ1) is 14.5. The zero-order valence-corrected chi connectivity index (χ0v) is 16.1. The van der Waals surface area contributed by atoms with E-state index in [1.54, 1.807) is 9.42 Å². The molecular formula is C19H20F3N7O. The van der Waals surface area contributed by atoms with Crippen molar-refractivity contribution in [2.24, 2.45) is 0 Å². The first kappa shape index (κ1) is 19.0. The lowest BCUT2D eigenvalue weighted by Gasteiger charge is -2.28. The SMILES string of the molecule is FC(F)(F)c1ccnc(N2CCCC2c2nnn3cc(N4CCOCC4)ccc23)n1. The fourth-order valence-corrected chi connectivity index (χ4v) is 4.08. The standard InChI is InChI=1S/C19H20F3N7O/c20-19(21,22)16-5-6-23-18(24-16)28-7-1-2-14(28)17-15-4-3-13(12-29(15)26-25-17)27-8-10-30-11-9-27/h3-6,12,14H,1-2,7-11H2. The molecule has 0 saturated carbocycles. The number of fused-ring (bicyclic) bond motifs is 1. The van der Waals surface area contributed by atoms with Gasteiger partial charge in [0, 0.05) is 25.8 Å². The maximum atomic E-state index is 13.1. The number of morpholine rings is 1. The van der Waals surface area contributed by atoms with Crippen LogP contribution < -0.4 is 9.80 Å². The molecule has 158 valence electrons. The fraction of sp³-hybridized carbons (Fsp3) is 0.474. The Morgan fingerprint density at radius 3 is 2.70 bits per heavy atom. The Morgan fingerprint density at radius 1 is 1.07 bits per heavy atom. The van der Waals surface area contributed by atoms with E-state index < -0.39 is 11.9 Å². The maximum Gasteiger partial charge on any atom is 0.433 e. The third-order valence-corrected chi connectivity index (χ3v) is 5.56. The van der Waals surface area contributed by atoms with Crippen LogP contribution in [-0.2, 0) is 10.9 Å². The van der Waals surface area contributed by atoms with Crippen molar-refractivity contribution in [3.8, 4) is 0 Å². The quantitative estimate of drug-likeness (QED) is 0.646. The van der Waals surface area contributed by atoms with Gasteiger partial charge in [0.05, 0.1) is 36.7 Å². The monoisotopic (exact) mass is 419 g/mol. The minimum absolute atomic E-state index is 0.0680. The molecule has 0 amide bonds. The minimum atomic E-state index is -4.51. The molecule has 2 fully saturated rings. The molecule has 1 unspecified atom stereocenters. The topological polar surface area (TPSA) is 71.7 Å². The predicted octanol–water partition coefficient (Wildman–Crippen LogP) is 2.72. The molecule has 2 saturated heterocycles. The number of nitrogens with zero attached hydrogens (tertiary/aromatic N) is 7. The Bertz CT molecular complexity index is 1050. The van der Waals surface area contributed by atoms with Crippen LogP contribution in [0.15, 0.2) is 30.6 Å². The number of halogens is 3. The molecule has 3 aromatic rings. The fourth-order valence-electron chi connectivity index (χ4n) is 4.08. The molecule has 0 spiro atoms. The Labute approximate surface area is 170 Å². The molecule has 11 heteroatoms. The van der Waals surface area contributed by atoms with Gasteiger partial charge in [0.15, 0.2) is 0 Å². The summed E-state index contributed by atoms with van der Waals surface area (Å²) >= 11 is 0. The van der Waals surface area contributed by atoms with Crippen molar-refractivity contribution < 1.29 is 17.9 Å². The van der Waals surface area contributed by atoms with Crippen LogP contribution in [0.4, 0.5) is 24.8 Å². The summed E-state index contributed by atoms with van der Waals surface area (Å²) in [5.41, 5.74) is 1.64. The molecule has 30 heavy (non-hydrogen) atoms. The molecule has 3 aromatic heterocycles. The highest BCUT2D eigenvalue weighted by molar-refractivity contribution is 5.59. The van der Waals surface area contributed by atoms with Crippen molar-refractivity contribution in [2.75, 3.05) is 42.6 Å². The number of hydrogen-bond acceptors (Lipinski definition) is 7. The highest BCUT2D eigenvalue weighted by atomic mass is 19.4. The normalized spacial score (nSPS) is 20.3. The summed E-state index contributed by atoms with van der Waals surface area (Å²) in [6.07, 6.45) is 0.135. The lowest BCUT2D eigenvalue weighted by Crippen LogP contribution is -2.36. The summed E-state index contributed by atoms with van der Waals surface area (Å²) in [6, 6.07) is 4.65. The molecule has 1 atom stereocenters. The first-order valence-corrected chi connectivity index (χ1v) is 9.85. The average Bonchev–Trinajstić information content (AvgIpc) is 3.40. The number of ether oxygens (including phenoxy) is 1. The molecule has 0 bridgehead atoms. The Morgan fingerprint density at radius 2 is 1.90 bits per heavy atom. The highest BCUT2D eigenvalue weighted by Gasteiger charge is 2.36. The molecule has 0 aromatic carbocycles. The summed E-state index contributed by atoms with van der Waals surface area (Å²) in [5, 5.41) is 8.63. The van der Waals surface area contributed by atoms with Crippen LogP contribution in [-0.4, -0.2) is 57.6 Å². The zero-order valence-electron chi connectivity index (χ0n) is 16.1. The van der Waals surface area contributed by atoms with Crippen LogP contribution in [0.25, 0.3) is 5.52 Å². The van der Waals surface area contributed by atoms with Gasteiger partial charge in [-0.05, 0) is 31.0 Å². The smallest absolute Gasteiger partial charge is 0.378 e. The molecule has 5 heterocycles. The van der Waals surface area contributed by atoms with Crippen LogP contribution in [0.3, 0.4) is 0 Å². The third-order valence-electron chi connectivity index (χ3n) is 5.56. The van der Waals surface area contributed by atoms with E-state index in [0.29, 0.717) is 19.8 Å². The van der Waals surface area contributed by atoms with E-state index in [9.17, 15) is 13.2 Å². The minimum Gasteiger partial charge on any atom is -0.378 e. The maximum absolute atomic E-state index is 13.1. The van der Waals surface area contributed by atoms with E-state index >= 15 is 0 Å². The van der Waals surface area contributed by atoms with Crippen LogP contribution in [0.1, 0.15) is 30.3 Å². The van der Waals surface area contributed by atoms with Gasteiger partial charge in [-0.3, -0.25) is 0 Å². The second kappa shape index (κ2) is 7.38. The van der Waals surface area contributed by atoms with Gasteiger partial charge >= 0.3 is 6.18 Å². The van der Waals surface area contributed by atoms with Gasteiger partial charge in [-0.15, -0.1) is 5.10 Å². The third kappa shape index (κ3) is 3.42. The predicted molar refractivity (Wildman–Crippen MR) is 102 cm³/mol. The number of rotatable bonds is 3. The van der Waals surface area contributed by atoms with Gasteiger partial charge in [-0.2, -0.15) is 13.2 Å². The van der Waals surface area contributed by atoms with E-state index in [2.05, 4.69) is 25.2 Å². The first-order valence-electron chi connectivity index (χ1n) is 9.85. The van der Waals surface area contributed by atoms with E-state index in [1.807, 2.05) is 18.3 Å². The van der Waals surface area contributed by atoms with E-state index in [0.717, 1.165) is 55.1 Å². The number of anilines is 2. The number of aromatic nitrogens is 5. The zero-order chi connectivity index (χ0) is 20.7. The number of alkyl halides is 3. The highest BCUT2D eigenvalue weighted by Crippen LogP contribution is 2.37. The van der Waals surface area contributed by atoms with Gasteiger partial charge < -0.3 is 14.5 Å². The molecule has 0 aliphatic carbocycles. The van der Waals surface area contributed by atoms with E-state index in [1.165, 1.54) is 0 Å². The van der Waals surface area contributed by atoms with Crippen molar-refractivity contribution >= 4 is 17.2 Å². The molecule has 8 nitrogen and oxygen atoms in total. The summed E-state index contributed by atoms with van der Waals surface area (Å²) in [4.78, 5) is 11.9.